The van der Waals surface area contributed by atoms with Crippen LogP contribution in [0.4, 0.5) is 0 Å². The second-order valence-corrected chi connectivity index (χ2v) is 3.47. The Labute approximate surface area is 78.2 Å². The fourth-order valence-corrected chi connectivity index (χ4v) is 1.46. The first-order valence-electron chi connectivity index (χ1n) is 4.74. The summed E-state index contributed by atoms with van der Waals surface area (Å²) in [6.07, 6.45) is 5.12. The van der Waals surface area contributed by atoms with E-state index in [1.54, 1.807) is 0 Å². The molecule has 2 nitrogen and oxygen atoms in total. The third-order valence-corrected chi connectivity index (χ3v) is 2.60. The number of hydrogen-bond donors (Lipinski definition) is 0. The minimum absolute atomic E-state index is 0.619. The van der Waals surface area contributed by atoms with Gasteiger partial charge in [-0.15, -0.1) is 0 Å². The maximum atomic E-state index is 4.21. The van der Waals surface area contributed by atoms with E-state index in [2.05, 4.69) is 37.3 Å². The summed E-state index contributed by atoms with van der Waals surface area (Å²) in [7, 11) is 0. The highest BCUT2D eigenvalue weighted by Gasteiger charge is 2.03. The van der Waals surface area contributed by atoms with E-state index in [1.807, 2.05) is 16.8 Å². The molecule has 2 rings (SSSR count). The van der Waals surface area contributed by atoms with E-state index in [-0.39, 0.29) is 0 Å². The van der Waals surface area contributed by atoms with Crippen molar-refractivity contribution in [2.75, 3.05) is 0 Å². The fourth-order valence-electron chi connectivity index (χ4n) is 1.46. The van der Waals surface area contributed by atoms with E-state index in [4.69, 9.17) is 0 Å². The molecule has 0 bridgehead atoms. The molecule has 1 unspecified atom stereocenters. The minimum atomic E-state index is 0.619. The highest BCUT2D eigenvalue weighted by Crippen LogP contribution is 2.18. The van der Waals surface area contributed by atoms with E-state index >= 15 is 0 Å². The molecule has 0 aromatic carbocycles. The molecular weight excluding hydrogens is 160 g/mol. The van der Waals surface area contributed by atoms with E-state index in [0.29, 0.717) is 5.92 Å². The zero-order valence-corrected chi connectivity index (χ0v) is 8.07. The van der Waals surface area contributed by atoms with Crippen LogP contribution in [-0.2, 0) is 0 Å². The molecule has 2 heteroatoms. The lowest BCUT2D eigenvalue weighted by molar-refractivity contribution is 0.723. The van der Waals surface area contributed by atoms with E-state index < -0.39 is 0 Å². The van der Waals surface area contributed by atoms with Gasteiger partial charge in [-0.25, -0.2) is 4.52 Å². The van der Waals surface area contributed by atoms with E-state index in [1.165, 1.54) is 12.0 Å². The summed E-state index contributed by atoms with van der Waals surface area (Å²) in [5, 5.41) is 4.21. The van der Waals surface area contributed by atoms with Gasteiger partial charge in [0.2, 0.25) is 0 Å². The Kier molecular flexibility index (Phi) is 2.05. The van der Waals surface area contributed by atoms with Crippen molar-refractivity contribution in [3.63, 3.8) is 0 Å². The summed E-state index contributed by atoms with van der Waals surface area (Å²) >= 11 is 0. The van der Waals surface area contributed by atoms with E-state index in [9.17, 15) is 0 Å². The van der Waals surface area contributed by atoms with Gasteiger partial charge in [0.05, 0.1) is 5.52 Å². The molecule has 0 fully saturated rings. The second kappa shape index (κ2) is 3.21. The molecule has 0 amide bonds. The predicted molar refractivity (Wildman–Crippen MR) is 53.9 cm³/mol. The van der Waals surface area contributed by atoms with Gasteiger partial charge >= 0.3 is 0 Å². The lowest BCUT2D eigenvalue weighted by Crippen LogP contribution is -1.95. The Morgan fingerprint density at radius 3 is 3.00 bits per heavy atom. The monoisotopic (exact) mass is 174 g/mol. The molecule has 0 aliphatic heterocycles. The number of fused-ring (bicyclic) bond motifs is 1. The molecule has 0 spiro atoms. The minimum Gasteiger partial charge on any atom is -0.241 e. The van der Waals surface area contributed by atoms with Gasteiger partial charge in [-0.05, 0) is 30.0 Å². The quantitative estimate of drug-likeness (QED) is 0.684. The first-order valence-corrected chi connectivity index (χ1v) is 4.74. The van der Waals surface area contributed by atoms with Crippen LogP contribution in [0.15, 0.2) is 30.6 Å². The number of hydrogen-bond acceptors (Lipinski definition) is 1. The molecule has 0 saturated heterocycles. The Balaban J connectivity index is 2.48. The first kappa shape index (κ1) is 8.30. The molecule has 0 radical (unpaired) electrons. The summed E-state index contributed by atoms with van der Waals surface area (Å²) in [6.45, 7) is 4.45. The lowest BCUT2D eigenvalue weighted by atomic mass is 10.0. The van der Waals surface area contributed by atoms with Crippen molar-refractivity contribution in [2.45, 2.75) is 26.2 Å². The number of pyridine rings is 1. The average Bonchev–Trinajstić information content (AvgIpc) is 2.63. The molecule has 0 aliphatic rings. The van der Waals surface area contributed by atoms with Crippen LogP contribution in [-0.4, -0.2) is 9.61 Å². The maximum absolute atomic E-state index is 4.21. The van der Waals surface area contributed by atoms with Crippen LogP contribution in [0.1, 0.15) is 31.7 Å². The number of nitrogens with zero attached hydrogens (tertiary/aromatic N) is 2. The van der Waals surface area contributed by atoms with Crippen molar-refractivity contribution < 1.29 is 0 Å². The molecule has 2 aromatic heterocycles. The van der Waals surface area contributed by atoms with Gasteiger partial charge in [0.1, 0.15) is 0 Å². The Morgan fingerprint density at radius 2 is 2.23 bits per heavy atom. The number of rotatable bonds is 2. The van der Waals surface area contributed by atoms with Crippen molar-refractivity contribution >= 4 is 5.52 Å². The largest absolute Gasteiger partial charge is 0.241 e. The molecule has 0 saturated carbocycles. The molecule has 68 valence electrons. The zero-order chi connectivity index (χ0) is 9.26. The molecule has 2 aromatic rings. The normalized spacial score (nSPS) is 13.4. The van der Waals surface area contributed by atoms with Crippen LogP contribution >= 0.6 is 0 Å². The smallest absolute Gasteiger partial charge is 0.0661 e. The van der Waals surface area contributed by atoms with Gasteiger partial charge in [-0.2, -0.15) is 5.10 Å². The number of aromatic nitrogens is 2. The Bertz CT molecular complexity index is 403. The molecular formula is C11H14N2. The topological polar surface area (TPSA) is 17.3 Å². The molecule has 0 N–H and O–H groups in total. The third-order valence-electron chi connectivity index (χ3n) is 2.60. The van der Waals surface area contributed by atoms with Gasteiger partial charge in [0, 0.05) is 12.4 Å². The molecule has 2 heterocycles. The van der Waals surface area contributed by atoms with Crippen LogP contribution in [0.25, 0.3) is 5.52 Å². The lowest BCUT2D eigenvalue weighted by Gasteiger charge is -2.08. The van der Waals surface area contributed by atoms with Gasteiger partial charge in [-0.3, -0.25) is 0 Å². The SMILES string of the molecule is CCC(C)c1ccc2ccnn2c1. The zero-order valence-electron chi connectivity index (χ0n) is 8.07. The second-order valence-electron chi connectivity index (χ2n) is 3.47. The van der Waals surface area contributed by atoms with Crippen LogP contribution in [0.2, 0.25) is 0 Å². The summed E-state index contributed by atoms with van der Waals surface area (Å²) in [5.41, 5.74) is 2.52. The van der Waals surface area contributed by atoms with Gasteiger partial charge in [0.25, 0.3) is 0 Å². The predicted octanol–water partition coefficient (Wildman–Crippen LogP) is 2.85. The van der Waals surface area contributed by atoms with E-state index in [0.717, 1.165) is 5.52 Å². The highest BCUT2D eigenvalue weighted by atomic mass is 15.2. The van der Waals surface area contributed by atoms with Crippen LogP contribution in [0, 0.1) is 0 Å². The summed E-state index contributed by atoms with van der Waals surface area (Å²) < 4.78 is 1.93. The van der Waals surface area contributed by atoms with Crippen molar-refractivity contribution in [3.05, 3.63) is 36.2 Å². The van der Waals surface area contributed by atoms with Gasteiger partial charge in [-0.1, -0.05) is 19.9 Å². The average molecular weight is 174 g/mol. The molecule has 13 heavy (non-hydrogen) atoms. The van der Waals surface area contributed by atoms with Gasteiger partial charge in [0.15, 0.2) is 0 Å². The summed E-state index contributed by atoms with van der Waals surface area (Å²) in [5.74, 6) is 0.619. The highest BCUT2D eigenvalue weighted by molar-refractivity contribution is 5.46. The first-order chi connectivity index (χ1) is 6.31. The maximum Gasteiger partial charge on any atom is 0.0661 e. The van der Waals surface area contributed by atoms with Crippen molar-refractivity contribution in [1.82, 2.24) is 9.61 Å². The Morgan fingerprint density at radius 1 is 1.38 bits per heavy atom. The third kappa shape index (κ3) is 1.44. The van der Waals surface area contributed by atoms with Crippen molar-refractivity contribution in [3.8, 4) is 0 Å². The van der Waals surface area contributed by atoms with Crippen LogP contribution < -0.4 is 0 Å². The Hall–Kier alpha value is -1.31. The van der Waals surface area contributed by atoms with Crippen LogP contribution in [0.5, 0.6) is 0 Å². The standard InChI is InChI=1S/C11H14N2/c1-3-9(2)10-4-5-11-6-7-12-13(11)8-10/h4-9H,3H2,1-2H3. The van der Waals surface area contributed by atoms with Crippen molar-refractivity contribution in [2.24, 2.45) is 0 Å². The fraction of sp³-hybridized carbons (Fsp3) is 0.364. The molecule has 0 aliphatic carbocycles. The van der Waals surface area contributed by atoms with Crippen LogP contribution in [0.3, 0.4) is 0 Å². The summed E-state index contributed by atoms with van der Waals surface area (Å²) in [6, 6.07) is 6.32. The van der Waals surface area contributed by atoms with Gasteiger partial charge < -0.3 is 0 Å². The van der Waals surface area contributed by atoms with Crippen molar-refractivity contribution in [1.29, 1.82) is 0 Å². The molecule has 1 atom stereocenters. The summed E-state index contributed by atoms with van der Waals surface area (Å²) in [4.78, 5) is 0.